The average molecular weight is 401 g/mol. The van der Waals surface area contributed by atoms with Gasteiger partial charge in [0.25, 0.3) is 5.91 Å². The third kappa shape index (κ3) is 4.27. The number of carbonyl (C=O) groups is 1. The number of aromatic nitrogens is 2. The Morgan fingerprint density at radius 3 is 2.53 bits per heavy atom. The van der Waals surface area contributed by atoms with Crippen LogP contribution in [0.25, 0.3) is 22.2 Å². The van der Waals surface area contributed by atoms with E-state index >= 15 is 0 Å². The summed E-state index contributed by atoms with van der Waals surface area (Å²) in [6.45, 7) is 0.686. The van der Waals surface area contributed by atoms with Crippen molar-refractivity contribution in [2.45, 2.75) is 0 Å². The highest BCUT2D eigenvalue weighted by Gasteiger charge is 2.17. The van der Waals surface area contributed by atoms with Crippen LogP contribution in [0.1, 0.15) is 10.4 Å². The number of carbonyl (C=O) groups excluding carboxylic acids is 1. The molecule has 1 amide bonds. The van der Waals surface area contributed by atoms with Gasteiger partial charge in [0.1, 0.15) is 18.2 Å². The Kier molecular flexibility index (Phi) is 5.66. The highest BCUT2D eigenvalue weighted by Crippen LogP contribution is 2.25. The summed E-state index contributed by atoms with van der Waals surface area (Å²) < 4.78 is 18.6. The van der Waals surface area contributed by atoms with Gasteiger partial charge in [0.15, 0.2) is 0 Å². The summed E-state index contributed by atoms with van der Waals surface area (Å²) in [7, 11) is 1.73. The molecule has 0 aliphatic heterocycles. The number of fused-ring (bicyclic) bond motifs is 1. The molecule has 150 valence electrons. The predicted molar refractivity (Wildman–Crippen MR) is 114 cm³/mol. The number of pyridine rings is 2. The van der Waals surface area contributed by atoms with Crippen molar-refractivity contribution in [1.82, 2.24) is 14.9 Å². The monoisotopic (exact) mass is 401 g/mol. The van der Waals surface area contributed by atoms with Crippen molar-refractivity contribution in [3.05, 3.63) is 90.5 Å². The van der Waals surface area contributed by atoms with Gasteiger partial charge >= 0.3 is 0 Å². The Labute approximate surface area is 173 Å². The van der Waals surface area contributed by atoms with E-state index in [0.29, 0.717) is 24.5 Å². The molecule has 2 aromatic carbocycles. The molecule has 2 heterocycles. The normalized spacial score (nSPS) is 10.7. The summed E-state index contributed by atoms with van der Waals surface area (Å²) in [5, 5.41) is 0.798. The molecule has 0 aliphatic carbocycles. The van der Waals surface area contributed by atoms with E-state index in [1.54, 1.807) is 36.5 Å². The molecule has 0 radical (unpaired) electrons. The van der Waals surface area contributed by atoms with Crippen LogP contribution >= 0.6 is 0 Å². The van der Waals surface area contributed by atoms with Gasteiger partial charge in [-0.25, -0.2) is 9.37 Å². The maximum Gasteiger partial charge on any atom is 0.254 e. The fourth-order valence-corrected chi connectivity index (χ4v) is 3.16. The number of halogens is 1. The summed E-state index contributed by atoms with van der Waals surface area (Å²) >= 11 is 0. The Morgan fingerprint density at radius 1 is 1.03 bits per heavy atom. The lowest BCUT2D eigenvalue weighted by Gasteiger charge is -2.19. The number of benzene rings is 2. The molecule has 0 unspecified atom stereocenters. The quantitative estimate of drug-likeness (QED) is 0.474. The molecule has 0 N–H and O–H groups in total. The molecule has 0 aliphatic rings. The van der Waals surface area contributed by atoms with Crippen molar-refractivity contribution < 1.29 is 13.9 Å². The first-order valence-corrected chi connectivity index (χ1v) is 9.56. The minimum absolute atomic E-state index is 0.119. The van der Waals surface area contributed by atoms with E-state index in [0.717, 1.165) is 22.2 Å². The summed E-state index contributed by atoms with van der Waals surface area (Å²) in [5.74, 6) is 0.127. The van der Waals surface area contributed by atoms with Crippen LogP contribution in [0, 0.1) is 5.82 Å². The van der Waals surface area contributed by atoms with Gasteiger partial charge in [0.2, 0.25) is 0 Å². The average Bonchev–Trinajstić information content (AvgIpc) is 2.79. The zero-order valence-corrected chi connectivity index (χ0v) is 16.5. The van der Waals surface area contributed by atoms with Crippen LogP contribution in [0.3, 0.4) is 0 Å². The lowest BCUT2D eigenvalue weighted by molar-refractivity contribution is 0.0775. The van der Waals surface area contributed by atoms with Gasteiger partial charge in [-0.1, -0.05) is 18.2 Å². The number of likely N-dealkylation sites (N-methyl/N-ethyl adjacent to an activating group) is 1. The predicted octanol–water partition coefficient (Wildman–Crippen LogP) is 4.59. The van der Waals surface area contributed by atoms with Crippen molar-refractivity contribution in [2.24, 2.45) is 0 Å². The van der Waals surface area contributed by atoms with Gasteiger partial charge in [-0.3, -0.25) is 9.78 Å². The SMILES string of the molecule is CN(CCOc1ccc(F)cc1)C(=O)c1cc(-c2ccncc2)nc2ccccc12. The molecule has 0 saturated carbocycles. The summed E-state index contributed by atoms with van der Waals surface area (Å²) in [5.41, 5.74) is 2.95. The Balaban J connectivity index is 1.56. The lowest BCUT2D eigenvalue weighted by Crippen LogP contribution is -2.31. The first-order valence-electron chi connectivity index (χ1n) is 9.56. The van der Waals surface area contributed by atoms with Crippen LogP contribution in [0.4, 0.5) is 4.39 Å². The van der Waals surface area contributed by atoms with Crippen molar-refractivity contribution in [3.8, 4) is 17.0 Å². The number of hydrogen-bond donors (Lipinski definition) is 0. The molecule has 4 aromatic rings. The van der Waals surface area contributed by atoms with Crippen molar-refractivity contribution >= 4 is 16.8 Å². The fraction of sp³-hybridized carbons (Fsp3) is 0.125. The van der Waals surface area contributed by atoms with E-state index in [4.69, 9.17) is 9.72 Å². The molecule has 6 heteroatoms. The van der Waals surface area contributed by atoms with Crippen LogP contribution in [0.5, 0.6) is 5.75 Å². The van der Waals surface area contributed by atoms with E-state index < -0.39 is 0 Å². The van der Waals surface area contributed by atoms with Gasteiger partial charge < -0.3 is 9.64 Å². The number of rotatable bonds is 6. The number of nitrogens with zero attached hydrogens (tertiary/aromatic N) is 3. The zero-order chi connectivity index (χ0) is 20.9. The number of hydrogen-bond acceptors (Lipinski definition) is 4. The Morgan fingerprint density at radius 2 is 1.77 bits per heavy atom. The Bertz CT molecular complexity index is 1160. The van der Waals surface area contributed by atoms with Gasteiger partial charge in [-0.2, -0.15) is 0 Å². The maximum absolute atomic E-state index is 13.2. The molecule has 5 nitrogen and oxygen atoms in total. The van der Waals surface area contributed by atoms with Crippen LogP contribution in [0.15, 0.2) is 79.1 Å². The number of amides is 1. The zero-order valence-electron chi connectivity index (χ0n) is 16.5. The molecule has 0 bridgehead atoms. The van der Waals surface area contributed by atoms with Gasteiger partial charge in [-0.05, 0) is 48.5 Å². The first-order chi connectivity index (χ1) is 14.6. The number of para-hydroxylation sites is 1. The van der Waals surface area contributed by atoms with Crippen molar-refractivity contribution in [3.63, 3.8) is 0 Å². The van der Waals surface area contributed by atoms with Crippen molar-refractivity contribution in [2.75, 3.05) is 20.2 Å². The third-order valence-electron chi connectivity index (χ3n) is 4.78. The van der Waals surface area contributed by atoms with Crippen LogP contribution in [0.2, 0.25) is 0 Å². The summed E-state index contributed by atoms with van der Waals surface area (Å²) in [6, 6.07) is 19.0. The van der Waals surface area contributed by atoms with Gasteiger partial charge in [-0.15, -0.1) is 0 Å². The van der Waals surface area contributed by atoms with E-state index in [2.05, 4.69) is 4.98 Å². The molecule has 2 aromatic heterocycles. The van der Waals surface area contributed by atoms with Crippen LogP contribution in [-0.2, 0) is 0 Å². The second-order valence-corrected chi connectivity index (χ2v) is 6.84. The first kappa shape index (κ1) is 19.5. The standard InChI is InChI=1S/C24H20FN3O2/c1-28(14-15-30-19-8-6-18(25)7-9-19)24(29)21-16-23(17-10-12-26-13-11-17)27-22-5-3-2-4-20(21)22/h2-13,16H,14-15H2,1H3. The minimum atomic E-state index is -0.316. The fourth-order valence-electron chi connectivity index (χ4n) is 3.16. The highest BCUT2D eigenvalue weighted by atomic mass is 19.1. The number of ether oxygens (including phenoxy) is 1. The summed E-state index contributed by atoms with van der Waals surface area (Å²) in [4.78, 5) is 23.6. The molecule has 0 spiro atoms. The van der Waals surface area contributed by atoms with Gasteiger partial charge in [0.05, 0.1) is 23.3 Å². The second kappa shape index (κ2) is 8.69. The molecule has 4 rings (SSSR count). The molecular weight excluding hydrogens is 381 g/mol. The summed E-state index contributed by atoms with van der Waals surface area (Å²) in [6.07, 6.45) is 3.40. The lowest BCUT2D eigenvalue weighted by atomic mass is 10.0. The Hall–Kier alpha value is -3.80. The van der Waals surface area contributed by atoms with Crippen LogP contribution < -0.4 is 4.74 Å². The third-order valence-corrected chi connectivity index (χ3v) is 4.78. The molecular formula is C24H20FN3O2. The maximum atomic E-state index is 13.2. The molecule has 0 fully saturated rings. The topological polar surface area (TPSA) is 55.3 Å². The van der Waals surface area contributed by atoms with E-state index in [1.807, 2.05) is 42.5 Å². The molecule has 0 atom stereocenters. The van der Waals surface area contributed by atoms with Gasteiger partial charge in [0, 0.05) is 30.4 Å². The van der Waals surface area contributed by atoms with Crippen molar-refractivity contribution in [1.29, 1.82) is 0 Å². The molecule has 0 saturated heterocycles. The van der Waals surface area contributed by atoms with E-state index in [9.17, 15) is 9.18 Å². The molecule has 30 heavy (non-hydrogen) atoms. The second-order valence-electron chi connectivity index (χ2n) is 6.84. The smallest absolute Gasteiger partial charge is 0.254 e. The van der Waals surface area contributed by atoms with E-state index in [-0.39, 0.29) is 11.7 Å². The van der Waals surface area contributed by atoms with Crippen LogP contribution in [-0.4, -0.2) is 41.0 Å². The minimum Gasteiger partial charge on any atom is -0.492 e. The highest BCUT2D eigenvalue weighted by molar-refractivity contribution is 6.07. The largest absolute Gasteiger partial charge is 0.492 e. The van der Waals surface area contributed by atoms with E-state index in [1.165, 1.54) is 12.1 Å².